The Morgan fingerprint density at radius 2 is 1.78 bits per heavy atom. The van der Waals surface area contributed by atoms with Crippen LogP contribution in [0.15, 0.2) is 29.4 Å². The van der Waals surface area contributed by atoms with Crippen LogP contribution < -0.4 is 15.5 Å². The Morgan fingerprint density at radius 1 is 1.11 bits per heavy atom. The predicted molar refractivity (Wildman–Crippen MR) is 104 cm³/mol. The van der Waals surface area contributed by atoms with Gasteiger partial charge in [0, 0.05) is 19.1 Å². The summed E-state index contributed by atoms with van der Waals surface area (Å²) in [5, 5.41) is 7.08. The van der Waals surface area contributed by atoms with Crippen molar-refractivity contribution in [2.24, 2.45) is 5.10 Å². The van der Waals surface area contributed by atoms with Crippen molar-refractivity contribution in [2.45, 2.75) is 51.5 Å². The van der Waals surface area contributed by atoms with E-state index in [2.05, 4.69) is 15.8 Å². The van der Waals surface area contributed by atoms with Crippen LogP contribution in [0, 0.1) is 0 Å². The zero-order chi connectivity index (χ0) is 19.1. The zero-order valence-corrected chi connectivity index (χ0v) is 15.9. The average Bonchev–Trinajstić information content (AvgIpc) is 3.38. The van der Waals surface area contributed by atoms with Crippen LogP contribution in [0.25, 0.3) is 0 Å². The number of hydrazone groups is 1. The van der Waals surface area contributed by atoms with Crippen molar-refractivity contribution in [1.29, 1.82) is 0 Å². The molecule has 1 saturated carbocycles. The van der Waals surface area contributed by atoms with Gasteiger partial charge in [0.1, 0.15) is 5.75 Å². The van der Waals surface area contributed by atoms with E-state index in [1.54, 1.807) is 0 Å². The first-order valence-electron chi connectivity index (χ1n) is 9.73. The summed E-state index contributed by atoms with van der Waals surface area (Å²) in [5.74, 6) is 0.679. The SMILES string of the molecule is CC(=NNC(=O)NC1CCCC1)c1ccc(OCC(=O)N2CCCC2)cc1. The van der Waals surface area contributed by atoms with E-state index in [0.29, 0.717) is 11.5 Å². The van der Waals surface area contributed by atoms with E-state index in [4.69, 9.17) is 4.74 Å². The normalized spacial score (nSPS) is 17.8. The quantitative estimate of drug-likeness (QED) is 0.595. The molecule has 0 atom stereocenters. The van der Waals surface area contributed by atoms with Gasteiger partial charge >= 0.3 is 6.03 Å². The largest absolute Gasteiger partial charge is 0.484 e. The average molecular weight is 372 g/mol. The molecule has 3 amide bonds. The first-order chi connectivity index (χ1) is 13.1. The number of rotatable bonds is 6. The van der Waals surface area contributed by atoms with Gasteiger partial charge < -0.3 is 15.0 Å². The van der Waals surface area contributed by atoms with Crippen LogP contribution in [0.5, 0.6) is 5.75 Å². The van der Waals surface area contributed by atoms with Gasteiger partial charge in [-0.25, -0.2) is 10.2 Å². The molecule has 1 aromatic carbocycles. The van der Waals surface area contributed by atoms with Crippen molar-refractivity contribution in [3.05, 3.63) is 29.8 Å². The van der Waals surface area contributed by atoms with Crippen molar-refractivity contribution < 1.29 is 14.3 Å². The number of carbonyl (C=O) groups is 2. The molecule has 3 rings (SSSR count). The molecule has 1 heterocycles. The Morgan fingerprint density at radius 3 is 2.44 bits per heavy atom. The number of urea groups is 1. The number of benzene rings is 1. The minimum atomic E-state index is -0.262. The van der Waals surface area contributed by atoms with Gasteiger partial charge in [-0.05, 0) is 62.4 Å². The molecule has 0 radical (unpaired) electrons. The molecule has 2 aliphatic rings. The van der Waals surface area contributed by atoms with Crippen LogP contribution in [-0.2, 0) is 4.79 Å². The summed E-state index contributed by atoms with van der Waals surface area (Å²) in [5.41, 5.74) is 4.14. The number of hydrogen-bond donors (Lipinski definition) is 2. The molecule has 0 bridgehead atoms. The Balaban J connectivity index is 1.45. The highest BCUT2D eigenvalue weighted by Crippen LogP contribution is 2.17. The monoisotopic (exact) mass is 372 g/mol. The molecule has 7 heteroatoms. The van der Waals surface area contributed by atoms with E-state index in [9.17, 15) is 9.59 Å². The lowest BCUT2D eigenvalue weighted by atomic mass is 10.1. The predicted octanol–water partition coefficient (Wildman–Crippen LogP) is 2.65. The molecule has 7 nitrogen and oxygen atoms in total. The van der Waals surface area contributed by atoms with Gasteiger partial charge in [0.25, 0.3) is 5.91 Å². The van der Waals surface area contributed by atoms with Gasteiger partial charge in [-0.15, -0.1) is 0 Å². The Kier molecular flexibility index (Phi) is 6.68. The van der Waals surface area contributed by atoms with E-state index in [1.807, 2.05) is 36.1 Å². The molecule has 146 valence electrons. The minimum Gasteiger partial charge on any atom is -0.484 e. The molecule has 27 heavy (non-hydrogen) atoms. The van der Waals surface area contributed by atoms with Gasteiger partial charge in [-0.3, -0.25) is 4.79 Å². The minimum absolute atomic E-state index is 0.0341. The molecule has 1 saturated heterocycles. The third-order valence-corrected chi connectivity index (χ3v) is 5.11. The Labute approximate surface area is 160 Å². The van der Waals surface area contributed by atoms with Crippen molar-refractivity contribution in [2.75, 3.05) is 19.7 Å². The van der Waals surface area contributed by atoms with Gasteiger partial charge in [0.15, 0.2) is 6.61 Å². The summed E-state index contributed by atoms with van der Waals surface area (Å²) >= 11 is 0. The molecule has 0 unspecified atom stereocenters. The summed E-state index contributed by atoms with van der Waals surface area (Å²) in [7, 11) is 0. The first kappa shape index (κ1) is 19.2. The van der Waals surface area contributed by atoms with E-state index in [-0.39, 0.29) is 24.6 Å². The molecule has 0 spiro atoms. The molecule has 2 N–H and O–H groups in total. The highest BCUT2D eigenvalue weighted by Gasteiger charge is 2.18. The number of amides is 3. The van der Waals surface area contributed by atoms with Gasteiger partial charge in [-0.1, -0.05) is 12.8 Å². The van der Waals surface area contributed by atoms with Crippen molar-refractivity contribution in [3.63, 3.8) is 0 Å². The first-order valence-corrected chi connectivity index (χ1v) is 9.73. The Hall–Kier alpha value is -2.57. The topological polar surface area (TPSA) is 83.0 Å². The van der Waals surface area contributed by atoms with Crippen LogP contribution in [0.3, 0.4) is 0 Å². The van der Waals surface area contributed by atoms with Crippen LogP contribution >= 0.6 is 0 Å². The van der Waals surface area contributed by atoms with Crippen LogP contribution in [0.4, 0.5) is 4.79 Å². The molecule has 1 aliphatic heterocycles. The Bertz CT molecular complexity index is 675. The summed E-state index contributed by atoms with van der Waals surface area (Å²) in [4.78, 5) is 25.7. The van der Waals surface area contributed by atoms with E-state index >= 15 is 0 Å². The highest BCUT2D eigenvalue weighted by molar-refractivity contribution is 5.99. The van der Waals surface area contributed by atoms with E-state index in [0.717, 1.165) is 44.3 Å². The maximum atomic E-state index is 12.0. The second-order valence-electron chi connectivity index (χ2n) is 7.16. The number of hydrogen-bond acceptors (Lipinski definition) is 4. The van der Waals surface area contributed by atoms with Crippen molar-refractivity contribution in [3.8, 4) is 5.75 Å². The molecular formula is C20H28N4O3. The smallest absolute Gasteiger partial charge is 0.335 e. The van der Waals surface area contributed by atoms with Crippen LogP contribution in [-0.4, -0.2) is 48.3 Å². The third kappa shape index (κ3) is 5.70. The summed E-state index contributed by atoms with van der Waals surface area (Å²) in [6.07, 6.45) is 6.57. The molecule has 0 aromatic heterocycles. The fourth-order valence-electron chi connectivity index (χ4n) is 3.48. The molecule has 2 fully saturated rings. The summed E-state index contributed by atoms with van der Waals surface area (Å²) in [6.45, 7) is 3.56. The third-order valence-electron chi connectivity index (χ3n) is 5.11. The number of likely N-dealkylation sites (tertiary alicyclic amines) is 1. The van der Waals surface area contributed by atoms with Gasteiger partial charge in [-0.2, -0.15) is 5.10 Å². The number of carbonyl (C=O) groups excluding carboxylic acids is 2. The molecule has 1 aromatic rings. The summed E-state index contributed by atoms with van der Waals surface area (Å²) < 4.78 is 5.58. The fourth-order valence-corrected chi connectivity index (χ4v) is 3.48. The van der Waals surface area contributed by atoms with E-state index in [1.165, 1.54) is 12.8 Å². The number of nitrogens with one attached hydrogen (secondary N) is 2. The molecule has 1 aliphatic carbocycles. The highest BCUT2D eigenvalue weighted by atomic mass is 16.5. The van der Waals surface area contributed by atoms with Crippen LogP contribution in [0.1, 0.15) is 51.0 Å². The lowest BCUT2D eigenvalue weighted by Crippen LogP contribution is -2.39. The maximum Gasteiger partial charge on any atom is 0.335 e. The van der Waals surface area contributed by atoms with E-state index < -0.39 is 0 Å². The van der Waals surface area contributed by atoms with Crippen molar-refractivity contribution in [1.82, 2.24) is 15.6 Å². The lowest BCUT2D eigenvalue weighted by molar-refractivity contribution is -0.132. The zero-order valence-electron chi connectivity index (χ0n) is 15.9. The number of ether oxygens (including phenoxy) is 1. The summed E-state index contributed by atoms with van der Waals surface area (Å²) in [6, 6.07) is 7.35. The lowest BCUT2D eigenvalue weighted by Gasteiger charge is -2.15. The number of nitrogens with zero attached hydrogens (tertiary/aromatic N) is 2. The second kappa shape index (κ2) is 9.39. The fraction of sp³-hybridized carbons (Fsp3) is 0.550. The van der Waals surface area contributed by atoms with Crippen molar-refractivity contribution >= 4 is 17.6 Å². The van der Waals surface area contributed by atoms with Gasteiger partial charge in [0.2, 0.25) is 0 Å². The second-order valence-corrected chi connectivity index (χ2v) is 7.16. The standard InChI is InChI=1S/C20H28N4O3/c1-15(22-23-20(26)21-17-6-2-3-7-17)16-8-10-18(11-9-16)27-14-19(25)24-12-4-5-13-24/h8-11,17H,2-7,12-14H2,1H3,(H2,21,23,26). The molecular weight excluding hydrogens is 344 g/mol. The van der Waals surface area contributed by atoms with Gasteiger partial charge in [0.05, 0.1) is 5.71 Å². The van der Waals surface area contributed by atoms with Crippen LogP contribution in [0.2, 0.25) is 0 Å². The maximum absolute atomic E-state index is 12.0.